The van der Waals surface area contributed by atoms with Crippen LogP contribution in [0.15, 0.2) is 0 Å². The van der Waals surface area contributed by atoms with E-state index in [-0.39, 0.29) is 24.3 Å². The van der Waals surface area contributed by atoms with E-state index in [2.05, 4.69) is 0 Å². The summed E-state index contributed by atoms with van der Waals surface area (Å²) in [7, 11) is 0. The van der Waals surface area contributed by atoms with E-state index in [0.29, 0.717) is 31.7 Å². The maximum absolute atomic E-state index is 11.7. The lowest BCUT2D eigenvalue weighted by Crippen LogP contribution is -2.45. The van der Waals surface area contributed by atoms with Gasteiger partial charge >= 0.3 is 0 Å². The summed E-state index contributed by atoms with van der Waals surface area (Å²) >= 11 is 0. The van der Waals surface area contributed by atoms with Crippen LogP contribution in [0.2, 0.25) is 0 Å². The number of likely N-dealkylation sites (tertiary alicyclic amines) is 1. The van der Waals surface area contributed by atoms with Crippen LogP contribution in [-0.4, -0.2) is 35.0 Å². The molecule has 0 radical (unpaired) electrons. The van der Waals surface area contributed by atoms with Gasteiger partial charge in [-0.25, -0.2) is 0 Å². The number of aliphatic hydroxyl groups is 1. The van der Waals surface area contributed by atoms with E-state index in [4.69, 9.17) is 0 Å². The molecule has 1 aliphatic heterocycles. The minimum Gasteiger partial charge on any atom is -0.396 e. The van der Waals surface area contributed by atoms with E-state index >= 15 is 0 Å². The van der Waals surface area contributed by atoms with Crippen molar-refractivity contribution in [3.63, 3.8) is 0 Å². The highest BCUT2D eigenvalue weighted by molar-refractivity contribution is 5.97. The van der Waals surface area contributed by atoms with Crippen LogP contribution in [0.4, 0.5) is 0 Å². The van der Waals surface area contributed by atoms with Crippen molar-refractivity contribution < 1.29 is 14.7 Å². The largest absolute Gasteiger partial charge is 0.396 e. The van der Waals surface area contributed by atoms with E-state index in [1.807, 2.05) is 0 Å². The number of amides is 2. The first-order chi connectivity index (χ1) is 8.22. The summed E-state index contributed by atoms with van der Waals surface area (Å²) in [4.78, 5) is 24.9. The van der Waals surface area contributed by atoms with E-state index in [1.165, 1.54) is 4.90 Å². The molecule has 2 atom stereocenters. The number of nitrogens with zero attached hydrogens (tertiary/aromatic N) is 1. The van der Waals surface area contributed by atoms with Gasteiger partial charge in [0.2, 0.25) is 11.8 Å². The highest BCUT2D eigenvalue weighted by Crippen LogP contribution is 2.31. The van der Waals surface area contributed by atoms with Crippen molar-refractivity contribution in [3.05, 3.63) is 0 Å². The summed E-state index contributed by atoms with van der Waals surface area (Å²) < 4.78 is 0. The zero-order valence-electron chi connectivity index (χ0n) is 10.2. The Hall–Kier alpha value is -0.900. The molecule has 17 heavy (non-hydrogen) atoms. The Morgan fingerprint density at radius 1 is 1.00 bits per heavy atom. The first-order valence-electron chi connectivity index (χ1n) is 6.66. The Balaban J connectivity index is 1.97. The van der Waals surface area contributed by atoms with Crippen molar-refractivity contribution in [2.75, 3.05) is 13.2 Å². The Morgan fingerprint density at radius 3 is 2.18 bits per heavy atom. The molecule has 0 aromatic rings. The van der Waals surface area contributed by atoms with Crippen LogP contribution in [-0.2, 0) is 9.59 Å². The average molecular weight is 239 g/mol. The minimum atomic E-state index is -0.0245. The van der Waals surface area contributed by atoms with Gasteiger partial charge in [-0.05, 0) is 31.1 Å². The lowest BCUT2D eigenvalue weighted by atomic mass is 9.79. The van der Waals surface area contributed by atoms with Crippen LogP contribution >= 0.6 is 0 Å². The zero-order valence-corrected chi connectivity index (χ0v) is 10.2. The molecule has 4 heteroatoms. The molecule has 0 spiro atoms. The first kappa shape index (κ1) is 12.6. The predicted octanol–water partition coefficient (Wildman–Crippen LogP) is 1.32. The quantitative estimate of drug-likeness (QED) is 0.756. The lowest BCUT2D eigenvalue weighted by molar-refractivity contribution is -0.149. The van der Waals surface area contributed by atoms with Gasteiger partial charge in [-0.15, -0.1) is 0 Å². The summed E-state index contributed by atoms with van der Waals surface area (Å²) in [6.07, 6.45) is 6.06. The third kappa shape index (κ3) is 2.86. The highest BCUT2D eigenvalue weighted by atomic mass is 16.3. The Bertz CT molecular complexity index is 287. The van der Waals surface area contributed by atoms with Crippen LogP contribution in [0.3, 0.4) is 0 Å². The maximum Gasteiger partial charge on any atom is 0.229 e. The Labute approximate surface area is 102 Å². The molecule has 2 rings (SSSR count). The van der Waals surface area contributed by atoms with Crippen LogP contribution < -0.4 is 0 Å². The molecule has 2 unspecified atom stereocenters. The molecule has 2 fully saturated rings. The summed E-state index contributed by atoms with van der Waals surface area (Å²) in [5, 5.41) is 9.33. The molecule has 4 nitrogen and oxygen atoms in total. The number of hydrogen-bond donors (Lipinski definition) is 1. The monoisotopic (exact) mass is 239 g/mol. The van der Waals surface area contributed by atoms with Crippen LogP contribution in [0.5, 0.6) is 0 Å². The second-order valence-corrected chi connectivity index (χ2v) is 5.24. The van der Waals surface area contributed by atoms with Gasteiger partial charge in [0.1, 0.15) is 0 Å². The van der Waals surface area contributed by atoms with Gasteiger partial charge in [-0.1, -0.05) is 12.8 Å². The van der Waals surface area contributed by atoms with Crippen molar-refractivity contribution in [2.45, 2.75) is 44.9 Å². The molecule has 1 saturated carbocycles. The molecular weight excluding hydrogens is 218 g/mol. The highest BCUT2D eigenvalue weighted by Gasteiger charge is 2.32. The standard InChI is InChI=1S/C13H21NO3/c15-9-11-5-2-1-4-10(11)8-14-12(16)6-3-7-13(14)17/h10-11,15H,1-9H2. The van der Waals surface area contributed by atoms with Gasteiger partial charge in [0.15, 0.2) is 0 Å². The Kier molecular flexibility index (Phi) is 4.15. The van der Waals surface area contributed by atoms with Gasteiger partial charge in [0.25, 0.3) is 0 Å². The molecule has 2 amide bonds. The number of imide groups is 1. The van der Waals surface area contributed by atoms with Crippen molar-refractivity contribution in [1.29, 1.82) is 0 Å². The van der Waals surface area contributed by atoms with Crippen molar-refractivity contribution in [2.24, 2.45) is 11.8 Å². The van der Waals surface area contributed by atoms with Gasteiger partial charge < -0.3 is 5.11 Å². The molecule has 1 heterocycles. The first-order valence-corrected chi connectivity index (χ1v) is 6.66. The summed E-state index contributed by atoms with van der Waals surface area (Å²) in [5.74, 6) is 0.526. The van der Waals surface area contributed by atoms with Crippen LogP contribution in [0, 0.1) is 11.8 Å². The Morgan fingerprint density at radius 2 is 1.59 bits per heavy atom. The topological polar surface area (TPSA) is 57.6 Å². The second-order valence-electron chi connectivity index (χ2n) is 5.24. The van der Waals surface area contributed by atoms with Crippen molar-refractivity contribution in [3.8, 4) is 0 Å². The molecule has 0 aromatic carbocycles. The normalized spacial score (nSPS) is 30.8. The number of carbonyl (C=O) groups excluding carboxylic acids is 2. The number of aliphatic hydroxyl groups excluding tert-OH is 1. The number of piperidine rings is 1. The van der Waals surface area contributed by atoms with E-state index in [1.54, 1.807) is 0 Å². The molecule has 96 valence electrons. The summed E-state index contributed by atoms with van der Waals surface area (Å²) in [5.41, 5.74) is 0. The zero-order chi connectivity index (χ0) is 12.3. The van der Waals surface area contributed by atoms with Crippen molar-refractivity contribution in [1.82, 2.24) is 4.90 Å². The molecular formula is C13H21NO3. The maximum atomic E-state index is 11.7. The SMILES string of the molecule is O=C1CCCC(=O)N1CC1CCCCC1CO. The van der Waals surface area contributed by atoms with E-state index < -0.39 is 0 Å². The van der Waals surface area contributed by atoms with Gasteiger partial charge in [-0.3, -0.25) is 14.5 Å². The molecule has 2 aliphatic rings. The molecule has 1 N–H and O–H groups in total. The third-order valence-electron chi connectivity index (χ3n) is 4.10. The molecule has 1 aliphatic carbocycles. The molecule has 1 saturated heterocycles. The molecule has 0 bridgehead atoms. The molecule has 0 aromatic heterocycles. The van der Waals surface area contributed by atoms with Gasteiger partial charge in [0, 0.05) is 26.0 Å². The fraction of sp³-hybridized carbons (Fsp3) is 0.846. The van der Waals surface area contributed by atoms with Crippen molar-refractivity contribution >= 4 is 11.8 Å². The fourth-order valence-electron chi connectivity index (χ4n) is 3.00. The fourth-order valence-corrected chi connectivity index (χ4v) is 3.00. The van der Waals surface area contributed by atoms with Crippen LogP contribution in [0.1, 0.15) is 44.9 Å². The van der Waals surface area contributed by atoms with Gasteiger partial charge in [-0.2, -0.15) is 0 Å². The van der Waals surface area contributed by atoms with E-state index in [9.17, 15) is 14.7 Å². The summed E-state index contributed by atoms with van der Waals surface area (Å²) in [6, 6.07) is 0. The predicted molar refractivity (Wildman–Crippen MR) is 63.1 cm³/mol. The number of hydrogen-bond acceptors (Lipinski definition) is 3. The van der Waals surface area contributed by atoms with Crippen LogP contribution in [0.25, 0.3) is 0 Å². The lowest BCUT2D eigenvalue weighted by Gasteiger charge is -2.35. The van der Waals surface area contributed by atoms with E-state index in [0.717, 1.165) is 25.7 Å². The smallest absolute Gasteiger partial charge is 0.229 e. The minimum absolute atomic E-state index is 0.0245. The van der Waals surface area contributed by atoms with Gasteiger partial charge in [0.05, 0.1) is 0 Å². The second kappa shape index (κ2) is 5.63. The summed E-state index contributed by atoms with van der Waals surface area (Å²) in [6.45, 7) is 0.712. The third-order valence-corrected chi connectivity index (χ3v) is 4.10. The number of rotatable bonds is 3. The average Bonchev–Trinajstić information content (AvgIpc) is 2.34. The number of carbonyl (C=O) groups is 2.